The van der Waals surface area contributed by atoms with Gasteiger partial charge in [0.25, 0.3) is 5.56 Å². The molecule has 1 aromatic carbocycles. The van der Waals surface area contributed by atoms with E-state index < -0.39 is 0 Å². The number of hydrogen-bond acceptors (Lipinski definition) is 2. The molecule has 4 nitrogen and oxygen atoms in total. The zero-order chi connectivity index (χ0) is 14.3. The molecule has 3 rings (SSSR count). The van der Waals surface area contributed by atoms with E-state index in [-0.39, 0.29) is 5.56 Å². The summed E-state index contributed by atoms with van der Waals surface area (Å²) in [5.74, 6) is 0.306. The molecule has 0 aliphatic heterocycles. The van der Waals surface area contributed by atoms with Crippen molar-refractivity contribution in [2.45, 2.75) is 19.8 Å². The van der Waals surface area contributed by atoms with Crippen molar-refractivity contribution in [3.05, 3.63) is 56.9 Å². The molecule has 0 saturated heterocycles. The Bertz CT molecular complexity index is 832. The van der Waals surface area contributed by atoms with Crippen LogP contribution < -0.4 is 5.56 Å². The summed E-state index contributed by atoms with van der Waals surface area (Å²) in [5, 5.41) is 2.96. The molecule has 20 heavy (non-hydrogen) atoms. The zero-order valence-corrected chi connectivity index (χ0v) is 12.8. The highest BCUT2D eigenvalue weighted by molar-refractivity contribution is 9.10. The summed E-state index contributed by atoms with van der Waals surface area (Å²) in [5.41, 5.74) is 3.26. The Morgan fingerprint density at radius 3 is 2.80 bits per heavy atom. The molecule has 0 amide bonds. The van der Waals surface area contributed by atoms with Crippen LogP contribution in [0.1, 0.15) is 25.3 Å². The van der Waals surface area contributed by atoms with Gasteiger partial charge in [0.1, 0.15) is 0 Å². The van der Waals surface area contributed by atoms with Crippen LogP contribution in [0.4, 0.5) is 0 Å². The van der Waals surface area contributed by atoms with Crippen LogP contribution in [0.3, 0.4) is 0 Å². The molecule has 0 atom stereocenters. The molecular weight excluding hydrogens is 318 g/mol. The van der Waals surface area contributed by atoms with Gasteiger partial charge in [-0.2, -0.15) is 0 Å². The largest absolute Gasteiger partial charge is 0.297 e. The third-order valence-electron chi connectivity index (χ3n) is 3.27. The molecule has 0 radical (unpaired) electrons. The minimum atomic E-state index is -0.100. The van der Waals surface area contributed by atoms with Gasteiger partial charge in [-0.05, 0) is 18.1 Å². The summed E-state index contributed by atoms with van der Waals surface area (Å²) in [4.78, 5) is 16.8. The molecule has 0 unspecified atom stereocenters. The predicted molar refractivity (Wildman–Crippen MR) is 83.0 cm³/mol. The summed E-state index contributed by atoms with van der Waals surface area (Å²) in [7, 11) is 0. The molecule has 2 aromatic heterocycles. The van der Waals surface area contributed by atoms with Crippen molar-refractivity contribution in [1.82, 2.24) is 14.6 Å². The van der Waals surface area contributed by atoms with Crippen molar-refractivity contribution in [1.29, 1.82) is 0 Å². The maximum absolute atomic E-state index is 12.2. The van der Waals surface area contributed by atoms with E-state index in [1.165, 1.54) is 4.52 Å². The monoisotopic (exact) mass is 331 g/mol. The standard InChI is InChI=1S/C15H14BrN3O/c1-9(2)12-8-17-19-14(20)7-13(18-15(12)19)10-4-3-5-11(16)6-10/h3-9,17H,1-2H3. The van der Waals surface area contributed by atoms with Gasteiger partial charge >= 0.3 is 0 Å². The van der Waals surface area contributed by atoms with Gasteiger partial charge in [-0.25, -0.2) is 9.50 Å². The van der Waals surface area contributed by atoms with Crippen molar-refractivity contribution >= 4 is 21.6 Å². The number of H-pyrrole nitrogens is 1. The van der Waals surface area contributed by atoms with Gasteiger partial charge in [0.05, 0.1) is 5.69 Å². The quantitative estimate of drug-likeness (QED) is 0.780. The van der Waals surface area contributed by atoms with Gasteiger partial charge in [0, 0.05) is 27.9 Å². The Morgan fingerprint density at radius 2 is 2.10 bits per heavy atom. The van der Waals surface area contributed by atoms with E-state index in [1.807, 2.05) is 30.5 Å². The van der Waals surface area contributed by atoms with Crippen LogP contribution in [-0.2, 0) is 0 Å². The number of nitrogens with zero attached hydrogens (tertiary/aromatic N) is 2. The van der Waals surface area contributed by atoms with Gasteiger partial charge in [-0.15, -0.1) is 0 Å². The van der Waals surface area contributed by atoms with Crippen LogP contribution in [-0.4, -0.2) is 14.6 Å². The maximum atomic E-state index is 12.2. The van der Waals surface area contributed by atoms with Crippen LogP contribution in [0.25, 0.3) is 16.9 Å². The molecule has 0 aliphatic rings. The zero-order valence-electron chi connectivity index (χ0n) is 11.2. The second-order valence-corrected chi connectivity index (χ2v) is 5.95. The first kappa shape index (κ1) is 13.1. The first-order chi connectivity index (χ1) is 9.56. The lowest BCUT2D eigenvalue weighted by Gasteiger charge is -2.05. The fraction of sp³-hybridized carbons (Fsp3) is 0.200. The smallest absolute Gasteiger partial charge is 0.273 e. The first-order valence-electron chi connectivity index (χ1n) is 6.43. The van der Waals surface area contributed by atoms with E-state index in [1.54, 1.807) is 6.07 Å². The van der Waals surface area contributed by atoms with Crippen molar-refractivity contribution in [3.8, 4) is 11.3 Å². The molecular formula is C15H14BrN3O. The molecule has 2 heterocycles. The Hall–Kier alpha value is -1.88. The van der Waals surface area contributed by atoms with Gasteiger partial charge in [-0.3, -0.25) is 9.89 Å². The fourth-order valence-corrected chi connectivity index (χ4v) is 2.62. The minimum absolute atomic E-state index is 0.100. The van der Waals surface area contributed by atoms with Gasteiger partial charge in [-0.1, -0.05) is 41.9 Å². The number of halogens is 1. The van der Waals surface area contributed by atoms with Crippen molar-refractivity contribution in [2.75, 3.05) is 0 Å². The van der Waals surface area contributed by atoms with Crippen molar-refractivity contribution in [3.63, 3.8) is 0 Å². The molecule has 3 aromatic rings. The van der Waals surface area contributed by atoms with E-state index in [4.69, 9.17) is 0 Å². The van der Waals surface area contributed by atoms with Crippen molar-refractivity contribution < 1.29 is 0 Å². The van der Waals surface area contributed by atoms with Crippen LogP contribution in [0.2, 0.25) is 0 Å². The normalized spacial score (nSPS) is 11.4. The molecule has 1 N–H and O–H groups in total. The third kappa shape index (κ3) is 2.18. The number of aromatic amines is 1. The Balaban J connectivity index is 2.28. The van der Waals surface area contributed by atoms with Crippen LogP contribution in [0, 0.1) is 0 Å². The van der Waals surface area contributed by atoms with Crippen LogP contribution in [0.5, 0.6) is 0 Å². The first-order valence-corrected chi connectivity index (χ1v) is 7.22. The number of nitrogens with one attached hydrogen (secondary N) is 1. The number of fused-ring (bicyclic) bond motifs is 1. The lowest BCUT2D eigenvalue weighted by atomic mass is 10.1. The molecule has 0 spiro atoms. The average Bonchev–Trinajstić information content (AvgIpc) is 2.83. The summed E-state index contributed by atoms with van der Waals surface area (Å²) < 4.78 is 2.45. The number of hydrogen-bond donors (Lipinski definition) is 1. The third-order valence-corrected chi connectivity index (χ3v) is 3.76. The highest BCUT2D eigenvalue weighted by Gasteiger charge is 2.12. The Labute approximate surface area is 124 Å². The molecule has 5 heteroatoms. The lowest BCUT2D eigenvalue weighted by Crippen LogP contribution is -2.14. The van der Waals surface area contributed by atoms with E-state index in [0.717, 1.165) is 15.6 Å². The van der Waals surface area contributed by atoms with Gasteiger partial charge in [0.2, 0.25) is 0 Å². The molecule has 0 saturated carbocycles. The number of benzene rings is 1. The van der Waals surface area contributed by atoms with E-state index in [0.29, 0.717) is 17.3 Å². The highest BCUT2D eigenvalue weighted by Crippen LogP contribution is 2.23. The number of aromatic nitrogens is 3. The minimum Gasteiger partial charge on any atom is -0.297 e. The molecule has 102 valence electrons. The predicted octanol–water partition coefficient (Wildman–Crippen LogP) is 3.58. The van der Waals surface area contributed by atoms with Gasteiger partial charge < -0.3 is 0 Å². The fourth-order valence-electron chi connectivity index (χ4n) is 2.22. The van der Waals surface area contributed by atoms with Crippen LogP contribution in [0.15, 0.2) is 45.8 Å². The number of rotatable bonds is 2. The van der Waals surface area contributed by atoms with E-state index in [9.17, 15) is 4.79 Å². The molecule has 0 fully saturated rings. The Morgan fingerprint density at radius 1 is 1.30 bits per heavy atom. The molecule has 0 bridgehead atoms. The molecule has 0 aliphatic carbocycles. The Kier molecular flexibility index (Phi) is 3.22. The second kappa shape index (κ2) is 4.90. The maximum Gasteiger partial charge on any atom is 0.273 e. The summed E-state index contributed by atoms with van der Waals surface area (Å²) in [6.45, 7) is 4.17. The van der Waals surface area contributed by atoms with Crippen LogP contribution >= 0.6 is 15.9 Å². The summed E-state index contributed by atoms with van der Waals surface area (Å²) >= 11 is 3.44. The van der Waals surface area contributed by atoms with Crippen molar-refractivity contribution in [2.24, 2.45) is 0 Å². The van der Waals surface area contributed by atoms with Gasteiger partial charge in [0.15, 0.2) is 5.65 Å². The second-order valence-electron chi connectivity index (χ2n) is 5.03. The van der Waals surface area contributed by atoms with E-state index >= 15 is 0 Å². The summed E-state index contributed by atoms with van der Waals surface area (Å²) in [6.07, 6.45) is 1.85. The van der Waals surface area contributed by atoms with E-state index in [2.05, 4.69) is 39.9 Å². The summed E-state index contributed by atoms with van der Waals surface area (Å²) in [6, 6.07) is 9.34. The highest BCUT2D eigenvalue weighted by atomic mass is 79.9. The lowest BCUT2D eigenvalue weighted by molar-refractivity contribution is 0.870. The SMILES string of the molecule is CC(C)c1c[nH]n2c(=O)cc(-c3cccc(Br)c3)nc12. The average molecular weight is 332 g/mol. The topological polar surface area (TPSA) is 50.2 Å².